The van der Waals surface area contributed by atoms with Crippen LogP contribution >= 0.6 is 7.37 Å². The van der Waals surface area contributed by atoms with Gasteiger partial charge in [0.05, 0.1) is 18.7 Å². The van der Waals surface area contributed by atoms with E-state index >= 15 is 0 Å². The molecule has 0 spiro atoms. The van der Waals surface area contributed by atoms with E-state index in [1.807, 2.05) is 48.9 Å². The summed E-state index contributed by atoms with van der Waals surface area (Å²) in [5.74, 6) is -1.52. The Morgan fingerprint density at radius 2 is 1.76 bits per heavy atom. The number of hydrogen-bond donors (Lipinski definition) is 2. The molecule has 0 fully saturated rings. The van der Waals surface area contributed by atoms with Crippen LogP contribution in [0.15, 0.2) is 54.6 Å². The number of carboxylic acid groups (broad SMARTS) is 1. The molecular weight excluding hydrogens is 458 g/mol. The van der Waals surface area contributed by atoms with Gasteiger partial charge in [-0.25, -0.2) is 4.39 Å². The van der Waals surface area contributed by atoms with Gasteiger partial charge in [0.2, 0.25) is 7.37 Å². The molecule has 0 saturated carbocycles. The summed E-state index contributed by atoms with van der Waals surface area (Å²) in [7, 11) is -2.01. The standard InChI is InChI=1S/C25H30FN2O5P/c1-17(2)28-22(13-14-34(32,33-3)16-21(29)15-23(30)31)24(18-9-11-20(26)12-10-18)25(27-28)19-7-5-4-6-8-19/h4-12,17,21,29H,13-16H2,1-3H3,(H,30,31)/t21-,34?/m0/s1. The lowest BCUT2D eigenvalue weighted by Crippen LogP contribution is -2.20. The van der Waals surface area contributed by atoms with Gasteiger partial charge in [0.1, 0.15) is 11.5 Å². The van der Waals surface area contributed by atoms with Crippen molar-refractivity contribution in [3.8, 4) is 22.4 Å². The first-order valence-electron chi connectivity index (χ1n) is 11.1. The van der Waals surface area contributed by atoms with Crippen molar-refractivity contribution in [2.24, 2.45) is 0 Å². The largest absolute Gasteiger partial charge is 0.481 e. The molecule has 182 valence electrons. The highest BCUT2D eigenvalue weighted by Gasteiger charge is 2.29. The zero-order chi connectivity index (χ0) is 24.9. The topological polar surface area (TPSA) is 102 Å². The lowest BCUT2D eigenvalue weighted by atomic mass is 9.98. The van der Waals surface area contributed by atoms with Crippen LogP contribution < -0.4 is 0 Å². The molecule has 0 radical (unpaired) electrons. The Kier molecular flexibility index (Phi) is 8.42. The van der Waals surface area contributed by atoms with Crippen LogP contribution in [0.5, 0.6) is 0 Å². The van der Waals surface area contributed by atoms with E-state index < -0.39 is 25.9 Å². The Bertz CT molecular complexity index is 1160. The molecule has 7 nitrogen and oxygen atoms in total. The summed E-state index contributed by atoms with van der Waals surface area (Å²) in [6.07, 6.45) is -1.61. The molecule has 1 aromatic heterocycles. The van der Waals surface area contributed by atoms with Gasteiger partial charge in [-0.3, -0.25) is 14.0 Å². The molecule has 0 aliphatic heterocycles. The molecular formula is C25H30FN2O5P. The maximum atomic E-state index is 13.7. The number of rotatable bonds is 11. The first kappa shape index (κ1) is 25.8. The molecule has 2 aromatic carbocycles. The molecule has 0 aliphatic carbocycles. The molecule has 0 bridgehead atoms. The monoisotopic (exact) mass is 488 g/mol. The minimum atomic E-state index is -3.32. The number of benzene rings is 2. The van der Waals surface area contributed by atoms with Crippen molar-refractivity contribution in [1.82, 2.24) is 9.78 Å². The number of carbonyl (C=O) groups is 1. The van der Waals surface area contributed by atoms with Crippen molar-refractivity contribution in [1.29, 1.82) is 0 Å². The van der Waals surface area contributed by atoms with Gasteiger partial charge in [0.25, 0.3) is 0 Å². The molecule has 34 heavy (non-hydrogen) atoms. The van der Waals surface area contributed by atoms with E-state index in [1.54, 1.807) is 12.1 Å². The predicted molar refractivity (Wildman–Crippen MR) is 130 cm³/mol. The maximum absolute atomic E-state index is 13.7. The van der Waals surface area contributed by atoms with Crippen LogP contribution in [-0.2, 0) is 20.3 Å². The summed E-state index contributed by atoms with van der Waals surface area (Å²) in [6.45, 7) is 3.98. The number of halogens is 1. The van der Waals surface area contributed by atoms with Gasteiger partial charge in [-0.2, -0.15) is 5.10 Å². The first-order valence-corrected chi connectivity index (χ1v) is 13.1. The van der Waals surface area contributed by atoms with E-state index in [9.17, 15) is 18.9 Å². The van der Waals surface area contributed by atoms with E-state index in [-0.39, 0.29) is 24.2 Å². The van der Waals surface area contributed by atoms with Crippen LogP contribution in [0.4, 0.5) is 4.39 Å². The third-order valence-electron chi connectivity index (χ3n) is 5.60. The Hall–Kier alpha value is -2.80. The molecule has 2 N–H and O–H groups in total. The van der Waals surface area contributed by atoms with Gasteiger partial charge < -0.3 is 14.7 Å². The molecule has 1 heterocycles. The Morgan fingerprint density at radius 3 is 2.32 bits per heavy atom. The van der Waals surface area contributed by atoms with Gasteiger partial charge >= 0.3 is 5.97 Å². The molecule has 3 aromatic rings. The van der Waals surface area contributed by atoms with Gasteiger partial charge in [-0.1, -0.05) is 42.5 Å². The van der Waals surface area contributed by atoms with Gasteiger partial charge in [0.15, 0.2) is 0 Å². The fraction of sp³-hybridized carbons (Fsp3) is 0.360. The minimum Gasteiger partial charge on any atom is -0.481 e. The van der Waals surface area contributed by atoms with Crippen molar-refractivity contribution >= 4 is 13.3 Å². The summed E-state index contributed by atoms with van der Waals surface area (Å²) in [4.78, 5) is 10.9. The lowest BCUT2D eigenvalue weighted by molar-refractivity contribution is -0.138. The zero-order valence-electron chi connectivity index (χ0n) is 19.5. The van der Waals surface area contributed by atoms with Crippen LogP contribution in [0.1, 0.15) is 32.0 Å². The van der Waals surface area contributed by atoms with Crippen molar-refractivity contribution in [3.63, 3.8) is 0 Å². The van der Waals surface area contributed by atoms with Gasteiger partial charge in [0, 0.05) is 36.1 Å². The number of hydrogen-bond acceptors (Lipinski definition) is 5. The van der Waals surface area contributed by atoms with Crippen LogP contribution in [0.3, 0.4) is 0 Å². The zero-order valence-corrected chi connectivity index (χ0v) is 20.4. The Labute approximate surface area is 198 Å². The average molecular weight is 488 g/mol. The fourth-order valence-electron chi connectivity index (χ4n) is 3.97. The normalized spacial score (nSPS) is 14.2. The highest BCUT2D eigenvalue weighted by molar-refractivity contribution is 7.59. The quantitative estimate of drug-likeness (QED) is 0.358. The van der Waals surface area contributed by atoms with Crippen molar-refractivity contribution in [3.05, 3.63) is 66.1 Å². The Morgan fingerprint density at radius 1 is 1.12 bits per heavy atom. The Balaban J connectivity index is 2.06. The van der Waals surface area contributed by atoms with Crippen molar-refractivity contribution in [2.45, 2.75) is 38.8 Å². The van der Waals surface area contributed by atoms with Crippen LogP contribution in [0, 0.1) is 5.82 Å². The number of nitrogens with zero attached hydrogens (tertiary/aromatic N) is 2. The van der Waals surface area contributed by atoms with Crippen molar-refractivity contribution in [2.75, 3.05) is 19.4 Å². The smallest absolute Gasteiger partial charge is 0.305 e. The molecule has 0 saturated heterocycles. The second kappa shape index (κ2) is 11.1. The summed E-state index contributed by atoms with van der Waals surface area (Å²) in [5, 5.41) is 23.8. The van der Waals surface area contributed by atoms with Crippen LogP contribution in [0.25, 0.3) is 22.4 Å². The number of aliphatic hydroxyl groups is 1. The number of aliphatic carboxylic acids is 1. The lowest BCUT2D eigenvalue weighted by Gasteiger charge is -2.20. The first-order chi connectivity index (χ1) is 16.1. The molecule has 0 aliphatic rings. The molecule has 2 atom stereocenters. The average Bonchev–Trinajstić information content (AvgIpc) is 3.18. The fourth-order valence-corrected chi connectivity index (χ4v) is 5.81. The number of aliphatic hydroxyl groups excluding tert-OH is 1. The SMILES string of the molecule is COP(=O)(CCc1c(-c2ccc(F)cc2)c(-c2ccccc2)nn1C(C)C)C[C@@H](O)CC(=O)O. The summed E-state index contributed by atoms with van der Waals surface area (Å²) in [5.41, 5.74) is 4.03. The van der Waals surface area contributed by atoms with E-state index in [2.05, 4.69) is 0 Å². The summed E-state index contributed by atoms with van der Waals surface area (Å²) in [6, 6.07) is 15.8. The van der Waals surface area contributed by atoms with E-state index in [4.69, 9.17) is 14.7 Å². The molecule has 9 heteroatoms. The molecule has 0 amide bonds. The van der Waals surface area contributed by atoms with E-state index in [0.717, 1.165) is 28.1 Å². The minimum absolute atomic E-state index is 0.00816. The summed E-state index contributed by atoms with van der Waals surface area (Å²) >= 11 is 0. The highest BCUT2D eigenvalue weighted by Crippen LogP contribution is 2.48. The van der Waals surface area contributed by atoms with E-state index in [1.165, 1.54) is 19.2 Å². The van der Waals surface area contributed by atoms with Crippen LogP contribution in [0.2, 0.25) is 0 Å². The van der Waals surface area contributed by atoms with E-state index in [0.29, 0.717) is 6.42 Å². The van der Waals surface area contributed by atoms with Crippen molar-refractivity contribution < 1.29 is 28.5 Å². The third kappa shape index (κ3) is 6.20. The predicted octanol–water partition coefficient (Wildman–Crippen LogP) is 5.24. The van der Waals surface area contributed by atoms with Gasteiger partial charge in [-0.15, -0.1) is 0 Å². The molecule has 3 rings (SSSR count). The maximum Gasteiger partial charge on any atom is 0.305 e. The summed E-state index contributed by atoms with van der Waals surface area (Å²) < 4.78 is 34.2. The second-order valence-electron chi connectivity index (χ2n) is 8.49. The molecule has 1 unspecified atom stereocenters. The third-order valence-corrected chi connectivity index (χ3v) is 8.15. The number of carboxylic acids is 1. The second-order valence-corrected chi connectivity index (χ2v) is 11.3. The highest BCUT2D eigenvalue weighted by atomic mass is 31.2. The van der Waals surface area contributed by atoms with Gasteiger partial charge in [-0.05, 0) is 38.0 Å². The number of aromatic nitrogens is 2. The van der Waals surface area contributed by atoms with Crippen LogP contribution in [-0.4, -0.2) is 51.5 Å².